The fourth-order valence-electron chi connectivity index (χ4n) is 2.75. The number of rotatable bonds is 6. The molecule has 1 unspecified atom stereocenters. The van der Waals surface area contributed by atoms with E-state index >= 15 is 0 Å². The lowest BCUT2D eigenvalue weighted by molar-refractivity contribution is 0.237. The second-order valence-electron chi connectivity index (χ2n) is 6.09. The van der Waals surface area contributed by atoms with Crippen LogP contribution in [0.15, 0.2) is 71.5 Å². The summed E-state index contributed by atoms with van der Waals surface area (Å²) >= 11 is 3.52. The molecule has 2 N–H and O–H groups in total. The average molecular weight is 413 g/mol. The topological polar surface area (TPSA) is 59.0 Å². The Morgan fingerprint density at radius 1 is 1.15 bits per heavy atom. The van der Waals surface area contributed by atoms with Crippen LogP contribution < -0.4 is 10.6 Å². The first kappa shape index (κ1) is 18.2. The van der Waals surface area contributed by atoms with Gasteiger partial charge in [-0.2, -0.15) is 5.10 Å². The average Bonchev–Trinajstić information content (AvgIpc) is 3.13. The summed E-state index contributed by atoms with van der Waals surface area (Å²) in [5, 5.41) is 10.1. The van der Waals surface area contributed by atoms with Crippen LogP contribution in [0.2, 0.25) is 0 Å². The van der Waals surface area contributed by atoms with Crippen molar-refractivity contribution < 1.29 is 4.79 Å². The van der Waals surface area contributed by atoms with Gasteiger partial charge in [0.25, 0.3) is 0 Å². The Hall–Kier alpha value is -2.60. The number of nitrogens with zero attached hydrogens (tertiary/aromatic N) is 2. The monoisotopic (exact) mass is 412 g/mol. The Balaban J connectivity index is 1.53. The van der Waals surface area contributed by atoms with Crippen molar-refractivity contribution in [3.05, 3.63) is 88.2 Å². The Labute approximate surface area is 161 Å². The van der Waals surface area contributed by atoms with Gasteiger partial charge in [0.2, 0.25) is 0 Å². The van der Waals surface area contributed by atoms with Crippen molar-refractivity contribution in [1.29, 1.82) is 0 Å². The largest absolute Gasteiger partial charge is 0.334 e. The number of benzene rings is 2. The molecule has 0 saturated heterocycles. The number of hydrogen-bond donors (Lipinski definition) is 2. The SMILES string of the molecule is CC(NC(=O)NCc1cccc(Cn2cccn2)c1)c1ccccc1Br. The zero-order chi connectivity index (χ0) is 18.4. The molecule has 0 aliphatic carbocycles. The van der Waals surface area contributed by atoms with Gasteiger partial charge in [0, 0.05) is 23.4 Å². The number of nitrogens with one attached hydrogen (secondary N) is 2. The fraction of sp³-hybridized carbons (Fsp3) is 0.200. The van der Waals surface area contributed by atoms with Crippen molar-refractivity contribution in [2.24, 2.45) is 0 Å². The van der Waals surface area contributed by atoms with Gasteiger partial charge >= 0.3 is 6.03 Å². The lowest BCUT2D eigenvalue weighted by Crippen LogP contribution is -2.36. The molecule has 0 bridgehead atoms. The minimum atomic E-state index is -0.189. The van der Waals surface area contributed by atoms with Gasteiger partial charge in [0.15, 0.2) is 0 Å². The molecule has 1 heterocycles. The standard InChI is InChI=1S/C20H21BrN4O/c1-15(18-8-2-3-9-19(18)21)24-20(26)22-13-16-6-4-7-17(12-16)14-25-11-5-10-23-25/h2-12,15H,13-14H2,1H3,(H2,22,24,26). The van der Waals surface area contributed by atoms with Crippen LogP contribution in [-0.4, -0.2) is 15.8 Å². The van der Waals surface area contributed by atoms with Crippen molar-refractivity contribution in [1.82, 2.24) is 20.4 Å². The van der Waals surface area contributed by atoms with Crippen molar-refractivity contribution >= 4 is 22.0 Å². The molecule has 2 aromatic carbocycles. The van der Waals surface area contributed by atoms with Crippen LogP contribution in [0.5, 0.6) is 0 Å². The molecule has 3 rings (SSSR count). The third kappa shape index (κ3) is 4.95. The minimum absolute atomic E-state index is 0.0864. The molecule has 1 aromatic heterocycles. The van der Waals surface area contributed by atoms with Crippen LogP contribution in [0, 0.1) is 0 Å². The Morgan fingerprint density at radius 3 is 2.73 bits per heavy atom. The molecule has 6 heteroatoms. The van der Waals surface area contributed by atoms with E-state index in [-0.39, 0.29) is 12.1 Å². The van der Waals surface area contributed by atoms with Gasteiger partial charge in [0.05, 0.1) is 12.6 Å². The molecular formula is C20H21BrN4O. The fourth-order valence-corrected chi connectivity index (χ4v) is 3.38. The highest BCUT2D eigenvalue weighted by atomic mass is 79.9. The first-order valence-electron chi connectivity index (χ1n) is 8.46. The van der Waals surface area contributed by atoms with Gasteiger partial charge in [-0.25, -0.2) is 4.79 Å². The molecular weight excluding hydrogens is 392 g/mol. The van der Waals surface area contributed by atoms with Crippen LogP contribution in [0.4, 0.5) is 4.79 Å². The number of halogens is 1. The molecule has 3 aromatic rings. The zero-order valence-corrected chi connectivity index (χ0v) is 16.1. The van der Waals surface area contributed by atoms with Gasteiger partial charge in [0.1, 0.15) is 0 Å². The van der Waals surface area contributed by atoms with E-state index in [2.05, 4.69) is 43.8 Å². The summed E-state index contributed by atoms with van der Waals surface area (Å²) in [6.45, 7) is 3.15. The molecule has 5 nitrogen and oxygen atoms in total. The first-order chi connectivity index (χ1) is 12.6. The predicted molar refractivity (Wildman–Crippen MR) is 106 cm³/mol. The van der Waals surface area contributed by atoms with E-state index in [1.807, 2.05) is 60.3 Å². The Bertz CT molecular complexity index is 864. The summed E-state index contributed by atoms with van der Waals surface area (Å²) in [6, 6.07) is 17.6. The molecule has 2 amide bonds. The molecule has 0 radical (unpaired) electrons. The predicted octanol–water partition coefficient (Wildman–Crippen LogP) is 4.25. The summed E-state index contributed by atoms with van der Waals surface area (Å²) in [5.74, 6) is 0. The Kier molecular flexibility index (Phi) is 6.07. The van der Waals surface area contributed by atoms with E-state index in [9.17, 15) is 4.79 Å². The maximum Gasteiger partial charge on any atom is 0.315 e. The van der Waals surface area contributed by atoms with E-state index in [1.54, 1.807) is 6.20 Å². The van der Waals surface area contributed by atoms with Gasteiger partial charge in [-0.15, -0.1) is 0 Å². The van der Waals surface area contributed by atoms with Gasteiger partial charge in [-0.05, 0) is 35.7 Å². The summed E-state index contributed by atoms with van der Waals surface area (Å²) in [4.78, 5) is 12.2. The maximum atomic E-state index is 12.2. The number of carbonyl (C=O) groups excluding carboxylic acids is 1. The highest BCUT2D eigenvalue weighted by Gasteiger charge is 2.11. The zero-order valence-electron chi connectivity index (χ0n) is 14.5. The Morgan fingerprint density at radius 2 is 1.96 bits per heavy atom. The molecule has 0 spiro atoms. The second kappa shape index (κ2) is 8.67. The van der Waals surface area contributed by atoms with Crippen LogP contribution in [0.25, 0.3) is 0 Å². The van der Waals surface area contributed by atoms with Gasteiger partial charge in [-0.1, -0.05) is 58.4 Å². The van der Waals surface area contributed by atoms with Crippen LogP contribution >= 0.6 is 15.9 Å². The number of aromatic nitrogens is 2. The normalized spacial score (nSPS) is 11.8. The quantitative estimate of drug-likeness (QED) is 0.635. The highest BCUT2D eigenvalue weighted by molar-refractivity contribution is 9.10. The van der Waals surface area contributed by atoms with Crippen molar-refractivity contribution in [3.63, 3.8) is 0 Å². The third-order valence-corrected chi connectivity index (χ3v) is 4.79. The molecule has 1 atom stereocenters. The van der Waals surface area contributed by atoms with Crippen LogP contribution in [0.3, 0.4) is 0 Å². The van der Waals surface area contributed by atoms with Gasteiger partial charge < -0.3 is 10.6 Å². The summed E-state index contributed by atoms with van der Waals surface area (Å²) in [7, 11) is 0. The van der Waals surface area contributed by atoms with Crippen molar-refractivity contribution in [2.75, 3.05) is 0 Å². The molecule has 26 heavy (non-hydrogen) atoms. The van der Waals surface area contributed by atoms with E-state index in [4.69, 9.17) is 0 Å². The number of urea groups is 1. The highest BCUT2D eigenvalue weighted by Crippen LogP contribution is 2.22. The van der Waals surface area contributed by atoms with E-state index in [0.29, 0.717) is 13.1 Å². The second-order valence-corrected chi connectivity index (χ2v) is 6.95. The summed E-state index contributed by atoms with van der Waals surface area (Å²) in [5.41, 5.74) is 3.25. The lowest BCUT2D eigenvalue weighted by Gasteiger charge is -2.16. The third-order valence-electron chi connectivity index (χ3n) is 4.07. The van der Waals surface area contributed by atoms with Crippen LogP contribution in [-0.2, 0) is 13.1 Å². The van der Waals surface area contributed by atoms with Gasteiger partial charge in [-0.3, -0.25) is 4.68 Å². The van der Waals surface area contributed by atoms with Crippen LogP contribution in [0.1, 0.15) is 29.7 Å². The van der Waals surface area contributed by atoms with Crippen molar-refractivity contribution in [3.8, 4) is 0 Å². The van der Waals surface area contributed by atoms with E-state index in [0.717, 1.165) is 21.2 Å². The molecule has 0 aliphatic rings. The molecule has 0 aliphatic heterocycles. The number of hydrogen-bond acceptors (Lipinski definition) is 2. The first-order valence-corrected chi connectivity index (χ1v) is 9.25. The summed E-state index contributed by atoms with van der Waals surface area (Å²) in [6.07, 6.45) is 3.70. The molecule has 134 valence electrons. The maximum absolute atomic E-state index is 12.2. The van der Waals surface area contributed by atoms with E-state index in [1.165, 1.54) is 0 Å². The smallest absolute Gasteiger partial charge is 0.315 e. The van der Waals surface area contributed by atoms with Crippen molar-refractivity contribution in [2.45, 2.75) is 26.1 Å². The van der Waals surface area contributed by atoms with E-state index < -0.39 is 0 Å². The molecule has 0 fully saturated rings. The number of amides is 2. The summed E-state index contributed by atoms with van der Waals surface area (Å²) < 4.78 is 2.86. The minimum Gasteiger partial charge on any atom is -0.334 e. The lowest BCUT2D eigenvalue weighted by atomic mass is 10.1. The number of carbonyl (C=O) groups is 1. The molecule has 0 saturated carbocycles.